The molecule has 0 amide bonds. The lowest BCUT2D eigenvalue weighted by Crippen LogP contribution is -2.35. The lowest BCUT2D eigenvalue weighted by atomic mass is 9.61. The number of rotatable bonds is 15. The molecule has 0 bridgehead atoms. The second kappa shape index (κ2) is 15.0. The van der Waals surface area contributed by atoms with Gasteiger partial charge >= 0.3 is 0 Å². The lowest BCUT2D eigenvalue weighted by molar-refractivity contribution is -0.124. The average molecular weight is 581 g/mol. The van der Waals surface area contributed by atoms with E-state index in [0.717, 1.165) is 49.7 Å². The van der Waals surface area contributed by atoms with E-state index in [1.54, 1.807) is 0 Å². The minimum absolute atomic E-state index is 0.129. The number of hydrogen-bond acceptors (Lipinski definition) is 4. The van der Waals surface area contributed by atoms with E-state index in [-0.39, 0.29) is 10.8 Å². The summed E-state index contributed by atoms with van der Waals surface area (Å²) in [5.41, 5.74) is 3.37. The number of Topliss-reactive ketones (excluding diaryl/α,β-unsaturated/α-hetero) is 1. The monoisotopic (exact) mass is 580 g/mol. The highest BCUT2D eigenvalue weighted by Gasteiger charge is 2.50. The topological polar surface area (TPSA) is 77.8 Å². The second-order valence-corrected chi connectivity index (χ2v) is 14.7. The molecule has 0 saturated heterocycles. The molecule has 0 spiro atoms. The van der Waals surface area contributed by atoms with E-state index in [1.165, 1.54) is 63.4 Å². The van der Waals surface area contributed by atoms with Gasteiger partial charge in [-0.1, -0.05) is 89.3 Å². The Morgan fingerprint density at radius 3 is 2.52 bits per heavy atom. The number of ketones is 1. The fraction of sp³-hybridized carbons (Fsp3) is 0.763. The predicted molar refractivity (Wildman–Crippen MR) is 173 cm³/mol. The minimum atomic E-state index is -0.644. The summed E-state index contributed by atoms with van der Waals surface area (Å²) >= 11 is 0. The second-order valence-electron chi connectivity index (χ2n) is 14.7. The molecule has 4 nitrogen and oxygen atoms in total. The van der Waals surface area contributed by atoms with Gasteiger partial charge in [0.05, 0.1) is 18.3 Å². The highest BCUT2D eigenvalue weighted by molar-refractivity contribution is 5.87. The van der Waals surface area contributed by atoms with Gasteiger partial charge in [0.25, 0.3) is 0 Å². The van der Waals surface area contributed by atoms with E-state index in [9.17, 15) is 20.1 Å². The minimum Gasteiger partial charge on any atom is -0.393 e. The summed E-state index contributed by atoms with van der Waals surface area (Å²) in [6, 6.07) is 0. The SMILES string of the molecule is C=C1/C(=C\C=C2/CCC[C@]3(C)[C@@H]([C@H](C)/C=C/[C@@H](O)CCC4(C(=O)CCCCCCCC)CC4)CC[C@@H]23)C[C@@H](O)C[C@@H]1O. The molecule has 42 heavy (non-hydrogen) atoms. The van der Waals surface area contributed by atoms with Crippen LogP contribution in [-0.4, -0.2) is 39.4 Å². The zero-order chi connectivity index (χ0) is 30.3. The maximum absolute atomic E-state index is 12.9. The summed E-state index contributed by atoms with van der Waals surface area (Å²) in [5.74, 6) is 2.00. The predicted octanol–water partition coefficient (Wildman–Crippen LogP) is 8.56. The average Bonchev–Trinajstić information content (AvgIpc) is 3.67. The molecule has 4 saturated carbocycles. The van der Waals surface area contributed by atoms with Crippen LogP contribution in [0.5, 0.6) is 0 Å². The van der Waals surface area contributed by atoms with Crippen molar-refractivity contribution in [2.24, 2.45) is 28.6 Å². The molecule has 0 radical (unpaired) electrons. The van der Waals surface area contributed by atoms with Gasteiger partial charge in [-0.2, -0.15) is 0 Å². The number of carbonyl (C=O) groups is 1. The molecule has 4 aliphatic rings. The third kappa shape index (κ3) is 8.16. The van der Waals surface area contributed by atoms with Crippen molar-refractivity contribution in [1.29, 1.82) is 0 Å². The molecule has 0 aliphatic heterocycles. The zero-order valence-corrected chi connectivity index (χ0v) is 27.0. The number of fused-ring (bicyclic) bond motifs is 1. The van der Waals surface area contributed by atoms with Gasteiger partial charge in [0.15, 0.2) is 0 Å². The van der Waals surface area contributed by atoms with Gasteiger partial charge in [-0.25, -0.2) is 0 Å². The number of unbranched alkanes of at least 4 members (excludes halogenated alkanes) is 5. The first-order chi connectivity index (χ1) is 20.1. The molecule has 3 N–H and O–H groups in total. The van der Waals surface area contributed by atoms with E-state index < -0.39 is 18.3 Å². The van der Waals surface area contributed by atoms with E-state index in [0.29, 0.717) is 42.8 Å². The largest absolute Gasteiger partial charge is 0.393 e. The Morgan fingerprint density at radius 1 is 1.05 bits per heavy atom. The summed E-state index contributed by atoms with van der Waals surface area (Å²) in [6.07, 6.45) is 25.5. The van der Waals surface area contributed by atoms with Gasteiger partial charge in [-0.15, -0.1) is 0 Å². The van der Waals surface area contributed by atoms with Crippen LogP contribution in [-0.2, 0) is 4.79 Å². The molecule has 7 atom stereocenters. The van der Waals surface area contributed by atoms with Crippen molar-refractivity contribution < 1.29 is 20.1 Å². The molecule has 4 fully saturated rings. The van der Waals surface area contributed by atoms with Gasteiger partial charge in [0.1, 0.15) is 5.78 Å². The fourth-order valence-corrected chi connectivity index (χ4v) is 8.72. The van der Waals surface area contributed by atoms with Crippen molar-refractivity contribution >= 4 is 5.78 Å². The Kier molecular flexibility index (Phi) is 11.9. The van der Waals surface area contributed by atoms with Crippen molar-refractivity contribution in [3.05, 3.63) is 47.6 Å². The number of aliphatic hydroxyl groups is 3. The number of aliphatic hydroxyl groups excluding tert-OH is 3. The Bertz CT molecular complexity index is 1020. The Hall–Kier alpha value is -1.49. The van der Waals surface area contributed by atoms with Crippen LogP contribution in [0.2, 0.25) is 0 Å². The molecule has 4 heteroatoms. The number of allylic oxidation sites excluding steroid dienone is 4. The molecule has 236 valence electrons. The maximum Gasteiger partial charge on any atom is 0.139 e. The Labute approximate surface area is 256 Å². The third-order valence-electron chi connectivity index (χ3n) is 11.7. The fourth-order valence-electron chi connectivity index (χ4n) is 8.72. The van der Waals surface area contributed by atoms with E-state index in [1.807, 2.05) is 6.08 Å². The summed E-state index contributed by atoms with van der Waals surface area (Å²) in [4.78, 5) is 12.9. The van der Waals surface area contributed by atoms with Gasteiger partial charge < -0.3 is 15.3 Å². The van der Waals surface area contributed by atoms with Crippen LogP contribution < -0.4 is 0 Å². The molecule has 0 aromatic rings. The quantitative estimate of drug-likeness (QED) is 0.134. The van der Waals surface area contributed by atoms with Gasteiger partial charge in [-0.05, 0) is 105 Å². The van der Waals surface area contributed by atoms with Crippen LogP contribution >= 0.6 is 0 Å². The van der Waals surface area contributed by atoms with Crippen molar-refractivity contribution in [3.8, 4) is 0 Å². The molecule has 0 unspecified atom stereocenters. The summed E-state index contributed by atoms with van der Waals surface area (Å²) in [5, 5.41) is 31.2. The van der Waals surface area contributed by atoms with Crippen LogP contribution in [0.1, 0.15) is 136 Å². The highest BCUT2D eigenvalue weighted by atomic mass is 16.3. The normalized spacial score (nSPS) is 34.2. The summed E-state index contributed by atoms with van der Waals surface area (Å²) < 4.78 is 0. The number of hydrogen-bond donors (Lipinski definition) is 3. The van der Waals surface area contributed by atoms with Crippen molar-refractivity contribution in [1.82, 2.24) is 0 Å². The maximum atomic E-state index is 12.9. The van der Waals surface area contributed by atoms with Crippen LogP contribution in [0.4, 0.5) is 0 Å². The highest BCUT2D eigenvalue weighted by Crippen LogP contribution is 2.59. The molecular weight excluding hydrogens is 520 g/mol. The first-order valence-electron chi connectivity index (χ1n) is 17.4. The van der Waals surface area contributed by atoms with Crippen LogP contribution in [0.3, 0.4) is 0 Å². The zero-order valence-electron chi connectivity index (χ0n) is 27.0. The first-order valence-corrected chi connectivity index (χ1v) is 17.4. The standard InChI is InChI=1S/C38H60O4/c1-5-6-7-8-9-10-13-36(42)38(23-24-38)22-20-31(39)17-14-27(2)33-18-19-34-29(12-11-21-37(33,34)4)15-16-30-25-32(40)26-35(41)28(30)3/h14-17,27,31-35,39-41H,3,5-13,18-26H2,1-2,4H3/b17-14+,29-15+,30-16-/t27-,31-,32-,33-,34+,35+,37-/m1/s1. The van der Waals surface area contributed by atoms with Gasteiger partial charge in [0, 0.05) is 18.3 Å². The molecular formula is C38H60O4. The van der Waals surface area contributed by atoms with E-state index in [2.05, 4.69) is 45.6 Å². The molecule has 0 aromatic heterocycles. The summed E-state index contributed by atoms with van der Waals surface area (Å²) in [7, 11) is 0. The van der Waals surface area contributed by atoms with Crippen LogP contribution in [0.15, 0.2) is 47.6 Å². The molecule has 4 rings (SSSR count). The van der Waals surface area contributed by atoms with Gasteiger partial charge in [-0.3, -0.25) is 4.79 Å². The molecule has 0 heterocycles. The smallest absolute Gasteiger partial charge is 0.139 e. The first kappa shape index (κ1) is 33.4. The van der Waals surface area contributed by atoms with Crippen molar-refractivity contribution in [2.75, 3.05) is 0 Å². The van der Waals surface area contributed by atoms with Crippen molar-refractivity contribution in [2.45, 2.75) is 155 Å². The van der Waals surface area contributed by atoms with E-state index >= 15 is 0 Å². The lowest BCUT2D eigenvalue weighted by Gasteiger charge is -2.44. The number of carbonyl (C=O) groups excluding carboxylic acids is 1. The van der Waals surface area contributed by atoms with Crippen LogP contribution in [0, 0.1) is 28.6 Å². The Morgan fingerprint density at radius 2 is 1.79 bits per heavy atom. The van der Waals surface area contributed by atoms with E-state index in [4.69, 9.17) is 0 Å². The third-order valence-corrected chi connectivity index (χ3v) is 11.7. The Balaban J connectivity index is 1.27. The molecule has 4 aliphatic carbocycles. The van der Waals surface area contributed by atoms with Crippen molar-refractivity contribution in [3.63, 3.8) is 0 Å². The van der Waals surface area contributed by atoms with Gasteiger partial charge in [0.2, 0.25) is 0 Å². The summed E-state index contributed by atoms with van der Waals surface area (Å²) in [6.45, 7) is 11.1. The van der Waals surface area contributed by atoms with Crippen LogP contribution in [0.25, 0.3) is 0 Å². The molecule has 0 aromatic carbocycles.